The lowest BCUT2D eigenvalue weighted by atomic mass is 9.78. The van der Waals surface area contributed by atoms with E-state index in [4.69, 9.17) is 4.74 Å². The van der Waals surface area contributed by atoms with Crippen molar-refractivity contribution in [1.82, 2.24) is 10.2 Å². The van der Waals surface area contributed by atoms with E-state index in [0.717, 1.165) is 24.0 Å². The van der Waals surface area contributed by atoms with Gasteiger partial charge in [-0.15, -0.1) is 0 Å². The van der Waals surface area contributed by atoms with Gasteiger partial charge in [-0.05, 0) is 48.9 Å². The predicted molar refractivity (Wildman–Crippen MR) is 107 cm³/mol. The standard InChI is InChI=1S/C23H31FN2O/c1-3-4-5-17-6-8-18(9-7-17)10-11-19-12-15-23(26-25-19)21-14-13-20(27-2)16-22(21)24/h12-18H,3-11H2,1-2H3. The Morgan fingerprint density at radius 1 is 1.00 bits per heavy atom. The van der Waals surface area contributed by atoms with Crippen molar-refractivity contribution in [2.24, 2.45) is 11.8 Å². The second-order valence-corrected chi connectivity index (χ2v) is 7.82. The van der Waals surface area contributed by atoms with E-state index in [0.29, 0.717) is 17.0 Å². The van der Waals surface area contributed by atoms with E-state index in [9.17, 15) is 4.39 Å². The van der Waals surface area contributed by atoms with E-state index in [2.05, 4.69) is 17.1 Å². The molecule has 0 atom stereocenters. The van der Waals surface area contributed by atoms with Gasteiger partial charge >= 0.3 is 0 Å². The summed E-state index contributed by atoms with van der Waals surface area (Å²) in [5.74, 6) is 1.95. The van der Waals surface area contributed by atoms with Crippen LogP contribution in [-0.4, -0.2) is 17.3 Å². The summed E-state index contributed by atoms with van der Waals surface area (Å²) >= 11 is 0. The lowest BCUT2D eigenvalue weighted by Crippen LogP contribution is -2.15. The van der Waals surface area contributed by atoms with E-state index in [1.165, 1.54) is 64.5 Å². The normalized spacial score (nSPS) is 19.8. The number of rotatable bonds is 8. The van der Waals surface area contributed by atoms with Gasteiger partial charge in [0, 0.05) is 11.6 Å². The molecule has 3 nitrogen and oxygen atoms in total. The second kappa shape index (κ2) is 9.82. The van der Waals surface area contributed by atoms with E-state index in [-0.39, 0.29) is 5.82 Å². The van der Waals surface area contributed by atoms with Gasteiger partial charge in [-0.25, -0.2) is 4.39 Å². The number of aryl methyl sites for hydroxylation is 1. The highest BCUT2D eigenvalue weighted by Gasteiger charge is 2.20. The van der Waals surface area contributed by atoms with Gasteiger partial charge in [0.2, 0.25) is 0 Å². The molecule has 146 valence electrons. The minimum absolute atomic E-state index is 0.337. The Bertz CT molecular complexity index is 709. The first-order valence-electron chi connectivity index (χ1n) is 10.4. The van der Waals surface area contributed by atoms with Crippen LogP contribution in [0.25, 0.3) is 11.3 Å². The number of aromatic nitrogens is 2. The van der Waals surface area contributed by atoms with Crippen LogP contribution >= 0.6 is 0 Å². The number of hydrogen-bond acceptors (Lipinski definition) is 3. The molecule has 1 aliphatic carbocycles. The Labute approximate surface area is 162 Å². The van der Waals surface area contributed by atoms with Gasteiger partial charge in [0.05, 0.1) is 18.5 Å². The fourth-order valence-corrected chi connectivity index (χ4v) is 4.12. The Morgan fingerprint density at radius 3 is 2.33 bits per heavy atom. The molecule has 0 bridgehead atoms. The van der Waals surface area contributed by atoms with Gasteiger partial charge in [-0.3, -0.25) is 0 Å². The first-order chi connectivity index (χ1) is 13.2. The molecule has 1 aromatic carbocycles. The summed E-state index contributed by atoms with van der Waals surface area (Å²) in [5.41, 5.74) is 2.02. The van der Waals surface area contributed by atoms with Gasteiger partial charge in [-0.2, -0.15) is 10.2 Å². The predicted octanol–water partition coefficient (Wildman–Crippen LogP) is 6.22. The van der Waals surface area contributed by atoms with Crippen LogP contribution in [0.1, 0.15) is 64.0 Å². The molecule has 0 amide bonds. The third-order valence-corrected chi connectivity index (χ3v) is 5.91. The van der Waals surface area contributed by atoms with Crippen LogP contribution in [0, 0.1) is 17.7 Å². The molecule has 1 saturated carbocycles. The van der Waals surface area contributed by atoms with Crippen LogP contribution in [0.5, 0.6) is 5.75 Å². The molecule has 27 heavy (non-hydrogen) atoms. The maximum absolute atomic E-state index is 14.2. The number of nitrogens with zero attached hydrogens (tertiary/aromatic N) is 2. The van der Waals surface area contributed by atoms with Gasteiger partial charge in [-0.1, -0.05) is 51.9 Å². The van der Waals surface area contributed by atoms with Crippen LogP contribution in [-0.2, 0) is 6.42 Å². The highest BCUT2D eigenvalue weighted by Crippen LogP contribution is 2.34. The first kappa shape index (κ1) is 19.8. The minimum atomic E-state index is -0.337. The van der Waals surface area contributed by atoms with Crippen molar-refractivity contribution in [3.8, 4) is 17.0 Å². The lowest BCUT2D eigenvalue weighted by Gasteiger charge is -2.28. The number of halogens is 1. The molecule has 0 N–H and O–H groups in total. The molecule has 0 aliphatic heterocycles. The zero-order valence-corrected chi connectivity index (χ0v) is 16.6. The van der Waals surface area contributed by atoms with Gasteiger partial charge in [0.15, 0.2) is 0 Å². The third-order valence-electron chi connectivity index (χ3n) is 5.91. The van der Waals surface area contributed by atoms with Crippen molar-refractivity contribution >= 4 is 0 Å². The molecular weight excluding hydrogens is 339 g/mol. The van der Waals surface area contributed by atoms with Crippen LogP contribution in [0.3, 0.4) is 0 Å². The summed E-state index contributed by atoms with van der Waals surface area (Å²) in [6.07, 6.45) is 11.8. The number of ether oxygens (including phenoxy) is 1. The lowest BCUT2D eigenvalue weighted by molar-refractivity contribution is 0.249. The maximum Gasteiger partial charge on any atom is 0.136 e. The molecule has 4 heteroatoms. The maximum atomic E-state index is 14.2. The van der Waals surface area contributed by atoms with Gasteiger partial charge in [0.25, 0.3) is 0 Å². The van der Waals surface area contributed by atoms with Crippen LogP contribution in [0.15, 0.2) is 30.3 Å². The highest BCUT2D eigenvalue weighted by molar-refractivity contribution is 5.60. The summed E-state index contributed by atoms with van der Waals surface area (Å²) in [4.78, 5) is 0. The number of methoxy groups -OCH3 is 1. The zero-order valence-electron chi connectivity index (χ0n) is 16.6. The quantitative estimate of drug-likeness (QED) is 0.553. The van der Waals surface area contributed by atoms with Crippen molar-refractivity contribution in [2.75, 3.05) is 7.11 Å². The molecule has 1 aromatic heterocycles. The topological polar surface area (TPSA) is 35.0 Å². The summed E-state index contributed by atoms with van der Waals surface area (Å²) in [6.45, 7) is 2.28. The van der Waals surface area contributed by atoms with Crippen LogP contribution in [0.4, 0.5) is 4.39 Å². The van der Waals surface area contributed by atoms with Crippen molar-refractivity contribution < 1.29 is 9.13 Å². The van der Waals surface area contributed by atoms with Crippen molar-refractivity contribution in [3.05, 3.63) is 41.8 Å². The Hall–Kier alpha value is -1.97. The largest absolute Gasteiger partial charge is 0.497 e. The van der Waals surface area contributed by atoms with Crippen LogP contribution in [0.2, 0.25) is 0 Å². The Morgan fingerprint density at radius 2 is 1.74 bits per heavy atom. The average molecular weight is 371 g/mol. The monoisotopic (exact) mass is 370 g/mol. The van der Waals surface area contributed by atoms with E-state index in [1.807, 2.05) is 12.1 Å². The molecule has 1 aliphatic rings. The number of hydrogen-bond donors (Lipinski definition) is 0. The molecule has 0 radical (unpaired) electrons. The van der Waals surface area contributed by atoms with E-state index < -0.39 is 0 Å². The number of benzene rings is 1. The fraction of sp³-hybridized carbons (Fsp3) is 0.565. The molecule has 1 fully saturated rings. The highest BCUT2D eigenvalue weighted by atomic mass is 19.1. The summed E-state index contributed by atoms with van der Waals surface area (Å²) in [5, 5.41) is 8.57. The minimum Gasteiger partial charge on any atom is -0.497 e. The van der Waals surface area contributed by atoms with Crippen molar-refractivity contribution in [3.63, 3.8) is 0 Å². The van der Waals surface area contributed by atoms with Gasteiger partial charge < -0.3 is 4.74 Å². The fourth-order valence-electron chi connectivity index (χ4n) is 4.12. The van der Waals surface area contributed by atoms with Crippen molar-refractivity contribution in [1.29, 1.82) is 0 Å². The third kappa shape index (κ3) is 5.50. The van der Waals surface area contributed by atoms with Crippen LogP contribution < -0.4 is 4.74 Å². The molecule has 0 unspecified atom stereocenters. The Kier molecular flexibility index (Phi) is 7.19. The molecule has 0 spiro atoms. The van der Waals surface area contributed by atoms with E-state index >= 15 is 0 Å². The molecular formula is C23H31FN2O. The summed E-state index contributed by atoms with van der Waals surface area (Å²) < 4.78 is 19.2. The average Bonchev–Trinajstić information content (AvgIpc) is 2.72. The number of unbranched alkanes of at least 4 members (excludes halogenated alkanes) is 1. The molecule has 0 saturated heterocycles. The first-order valence-corrected chi connectivity index (χ1v) is 10.4. The molecule has 2 aromatic rings. The SMILES string of the molecule is CCCCC1CCC(CCc2ccc(-c3ccc(OC)cc3F)nn2)CC1. The summed E-state index contributed by atoms with van der Waals surface area (Å²) in [7, 11) is 1.53. The molecule has 3 rings (SSSR count). The van der Waals surface area contributed by atoms with Gasteiger partial charge in [0.1, 0.15) is 11.6 Å². The summed E-state index contributed by atoms with van der Waals surface area (Å²) in [6, 6.07) is 8.66. The van der Waals surface area contributed by atoms with E-state index in [1.54, 1.807) is 12.1 Å². The Balaban J connectivity index is 1.50. The molecule has 1 heterocycles. The van der Waals surface area contributed by atoms with Crippen molar-refractivity contribution in [2.45, 2.75) is 64.7 Å². The second-order valence-electron chi connectivity index (χ2n) is 7.82. The zero-order chi connectivity index (χ0) is 19.1. The smallest absolute Gasteiger partial charge is 0.136 e.